The second kappa shape index (κ2) is 6.67. The number of ether oxygens (including phenoxy) is 2. The van der Waals surface area contributed by atoms with Crippen molar-refractivity contribution in [3.8, 4) is 17.6 Å². The summed E-state index contributed by atoms with van der Waals surface area (Å²) in [6.07, 6.45) is 0. The Morgan fingerprint density at radius 1 is 1.09 bits per heavy atom. The number of hydrogen-bond donors (Lipinski definition) is 0. The topological polar surface area (TPSA) is 45.5 Å². The van der Waals surface area contributed by atoms with E-state index in [4.69, 9.17) is 14.7 Å². The predicted molar refractivity (Wildman–Crippen MR) is 83.7 cm³/mol. The summed E-state index contributed by atoms with van der Waals surface area (Å²) in [6, 6.07) is 12.4. The molecule has 4 nitrogen and oxygen atoms in total. The van der Waals surface area contributed by atoms with Crippen molar-refractivity contribution < 1.29 is 13.9 Å². The Bertz CT molecular complexity index is 755. The average molecular weight is 312 g/mol. The fourth-order valence-electron chi connectivity index (χ4n) is 2.59. The summed E-state index contributed by atoms with van der Waals surface area (Å²) < 4.78 is 25.0. The molecule has 0 saturated heterocycles. The van der Waals surface area contributed by atoms with Gasteiger partial charge in [0.15, 0.2) is 11.5 Å². The molecule has 0 aromatic heterocycles. The average Bonchev–Trinajstić information content (AvgIpc) is 2.56. The van der Waals surface area contributed by atoms with E-state index in [1.807, 2.05) is 36.2 Å². The highest BCUT2D eigenvalue weighted by molar-refractivity contribution is 5.43. The summed E-state index contributed by atoms with van der Waals surface area (Å²) >= 11 is 0. The summed E-state index contributed by atoms with van der Waals surface area (Å²) in [4.78, 5) is 2.01. The molecule has 1 aliphatic rings. The summed E-state index contributed by atoms with van der Waals surface area (Å²) in [5.74, 6) is 1.17. The smallest absolute Gasteiger partial charge is 0.161 e. The van der Waals surface area contributed by atoms with Gasteiger partial charge in [0.1, 0.15) is 19.0 Å². The minimum absolute atomic E-state index is 0.334. The first-order chi connectivity index (χ1) is 11.2. The van der Waals surface area contributed by atoms with Crippen LogP contribution in [-0.2, 0) is 13.1 Å². The monoisotopic (exact) mass is 312 g/mol. The van der Waals surface area contributed by atoms with E-state index in [0.717, 1.165) is 17.1 Å². The van der Waals surface area contributed by atoms with Crippen LogP contribution in [0.1, 0.15) is 16.7 Å². The Balaban J connectivity index is 1.67. The molecule has 5 heteroatoms. The lowest BCUT2D eigenvalue weighted by atomic mass is 10.1. The van der Waals surface area contributed by atoms with E-state index < -0.39 is 0 Å². The SMILES string of the molecule is CN(Cc1ccc2c(c1)OCCO2)Cc1ccc(C#N)cc1F. The lowest BCUT2D eigenvalue weighted by Crippen LogP contribution is -2.19. The van der Waals surface area contributed by atoms with Gasteiger partial charge in [-0.1, -0.05) is 12.1 Å². The Hall–Kier alpha value is -2.58. The van der Waals surface area contributed by atoms with Crippen molar-refractivity contribution in [2.24, 2.45) is 0 Å². The lowest BCUT2D eigenvalue weighted by molar-refractivity contribution is 0.171. The number of rotatable bonds is 4. The van der Waals surface area contributed by atoms with E-state index in [9.17, 15) is 4.39 Å². The third kappa shape index (κ3) is 3.61. The van der Waals surface area contributed by atoms with Crippen molar-refractivity contribution in [2.45, 2.75) is 13.1 Å². The molecule has 0 radical (unpaired) electrons. The molecule has 0 saturated carbocycles. The first-order valence-corrected chi connectivity index (χ1v) is 7.41. The Morgan fingerprint density at radius 3 is 2.61 bits per heavy atom. The molecule has 23 heavy (non-hydrogen) atoms. The fourth-order valence-corrected chi connectivity index (χ4v) is 2.59. The number of hydrogen-bond acceptors (Lipinski definition) is 4. The van der Waals surface area contributed by atoms with E-state index in [1.54, 1.807) is 12.1 Å². The van der Waals surface area contributed by atoms with E-state index in [-0.39, 0.29) is 5.82 Å². The van der Waals surface area contributed by atoms with E-state index >= 15 is 0 Å². The van der Waals surface area contributed by atoms with Crippen LogP contribution in [0.2, 0.25) is 0 Å². The Kier molecular flexibility index (Phi) is 4.45. The van der Waals surface area contributed by atoms with Crippen molar-refractivity contribution in [3.05, 3.63) is 58.9 Å². The molecule has 0 bridgehead atoms. The maximum Gasteiger partial charge on any atom is 0.161 e. The highest BCUT2D eigenvalue weighted by atomic mass is 19.1. The first kappa shape index (κ1) is 15.3. The Labute approximate surface area is 134 Å². The molecular weight excluding hydrogens is 295 g/mol. The molecule has 2 aromatic rings. The van der Waals surface area contributed by atoms with Crippen LogP contribution in [0.5, 0.6) is 11.5 Å². The van der Waals surface area contributed by atoms with Crippen LogP contribution in [0.4, 0.5) is 4.39 Å². The minimum Gasteiger partial charge on any atom is -0.486 e. The van der Waals surface area contributed by atoms with Gasteiger partial charge in [-0.2, -0.15) is 5.26 Å². The van der Waals surface area contributed by atoms with Crippen LogP contribution in [0.3, 0.4) is 0 Å². The van der Waals surface area contributed by atoms with Crippen molar-refractivity contribution in [1.82, 2.24) is 4.90 Å². The Morgan fingerprint density at radius 2 is 1.87 bits per heavy atom. The van der Waals surface area contributed by atoms with Gasteiger partial charge >= 0.3 is 0 Å². The van der Waals surface area contributed by atoms with Crippen molar-refractivity contribution in [2.75, 3.05) is 20.3 Å². The second-order valence-electron chi connectivity index (χ2n) is 5.57. The standard InChI is InChI=1S/C18H17FN2O2/c1-21(12-15-4-2-13(10-20)8-16(15)19)11-14-3-5-17-18(9-14)23-7-6-22-17/h2-5,8-9H,6-7,11-12H2,1H3. The van der Waals surface area contributed by atoms with E-state index in [0.29, 0.717) is 37.4 Å². The summed E-state index contributed by atoms with van der Waals surface area (Å²) in [6.45, 7) is 2.26. The predicted octanol–water partition coefficient (Wildman–Crippen LogP) is 3.10. The maximum atomic E-state index is 13.9. The van der Waals surface area contributed by atoms with Crippen molar-refractivity contribution in [3.63, 3.8) is 0 Å². The molecule has 1 heterocycles. The van der Waals surface area contributed by atoms with Crippen LogP contribution >= 0.6 is 0 Å². The maximum absolute atomic E-state index is 13.9. The number of benzene rings is 2. The minimum atomic E-state index is -0.349. The molecule has 0 fully saturated rings. The fraction of sp³-hybridized carbons (Fsp3) is 0.278. The zero-order valence-corrected chi connectivity index (χ0v) is 12.9. The van der Waals surface area contributed by atoms with E-state index in [2.05, 4.69) is 0 Å². The molecule has 0 aliphatic carbocycles. The van der Waals surface area contributed by atoms with Crippen molar-refractivity contribution in [1.29, 1.82) is 5.26 Å². The zero-order chi connectivity index (χ0) is 16.2. The molecule has 0 N–H and O–H groups in total. The van der Waals surface area contributed by atoms with Crippen LogP contribution in [-0.4, -0.2) is 25.2 Å². The van der Waals surface area contributed by atoms with Gasteiger partial charge in [0.05, 0.1) is 11.6 Å². The third-order valence-electron chi connectivity index (χ3n) is 3.68. The van der Waals surface area contributed by atoms with Crippen LogP contribution in [0, 0.1) is 17.1 Å². The van der Waals surface area contributed by atoms with E-state index in [1.165, 1.54) is 6.07 Å². The molecule has 3 rings (SSSR count). The molecule has 0 amide bonds. The normalized spacial score (nSPS) is 13.0. The van der Waals surface area contributed by atoms with Gasteiger partial charge in [-0.25, -0.2) is 4.39 Å². The van der Waals surface area contributed by atoms with Gasteiger partial charge in [-0.3, -0.25) is 4.90 Å². The van der Waals surface area contributed by atoms with Gasteiger partial charge in [-0.05, 0) is 36.9 Å². The molecule has 0 spiro atoms. The van der Waals surface area contributed by atoms with Gasteiger partial charge < -0.3 is 9.47 Å². The third-order valence-corrected chi connectivity index (χ3v) is 3.68. The molecule has 118 valence electrons. The van der Waals surface area contributed by atoms with Gasteiger partial charge in [0.2, 0.25) is 0 Å². The molecule has 1 aliphatic heterocycles. The molecule has 2 aromatic carbocycles. The zero-order valence-electron chi connectivity index (χ0n) is 12.9. The highest BCUT2D eigenvalue weighted by Crippen LogP contribution is 2.31. The van der Waals surface area contributed by atoms with Crippen LogP contribution in [0.15, 0.2) is 36.4 Å². The van der Waals surface area contributed by atoms with Crippen LogP contribution < -0.4 is 9.47 Å². The van der Waals surface area contributed by atoms with Gasteiger partial charge in [-0.15, -0.1) is 0 Å². The number of nitrogens with zero attached hydrogens (tertiary/aromatic N) is 2. The summed E-state index contributed by atoms with van der Waals surface area (Å²) in [5, 5.41) is 8.78. The van der Waals surface area contributed by atoms with Gasteiger partial charge in [0.25, 0.3) is 0 Å². The first-order valence-electron chi connectivity index (χ1n) is 7.41. The number of halogens is 1. The largest absolute Gasteiger partial charge is 0.486 e. The van der Waals surface area contributed by atoms with Crippen LogP contribution in [0.25, 0.3) is 0 Å². The number of nitriles is 1. The molecule has 0 atom stereocenters. The molecular formula is C18H17FN2O2. The molecule has 0 unspecified atom stereocenters. The highest BCUT2D eigenvalue weighted by Gasteiger charge is 2.13. The second-order valence-corrected chi connectivity index (χ2v) is 5.57. The van der Waals surface area contributed by atoms with Crippen molar-refractivity contribution >= 4 is 0 Å². The lowest BCUT2D eigenvalue weighted by Gasteiger charge is -2.21. The summed E-state index contributed by atoms with van der Waals surface area (Å²) in [7, 11) is 1.93. The van der Waals surface area contributed by atoms with Gasteiger partial charge in [0, 0.05) is 18.7 Å². The number of fused-ring (bicyclic) bond motifs is 1. The summed E-state index contributed by atoms with van der Waals surface area (Å²) in [5.41, 5.74) is 1.98. The quantitative estimate of drug-likeness (QED) is 0.870.